The normalized spacial score (nSPS) is 10.5. The SMILES string of the molecule is CC(C)N(Sc1ccc(F)c(C#N)c1)c1cscn1. The molecule has 0 unspecified atom stereocenters. The highest BCUT2D eigenvalue weighted by Crippen LogP contribution is 2.31. The lowest BCUT2D eigenvalue weighted by atomic mass is 10.2. The molecule has 98 valence electrons. The second-order valence-corrected chi connectivity index (χ2v) is 5.88. The van der Waals surface area contributed by atoms with Crippen molar-refractivity contribution in [3.8, 4) is 6.07 Å². The molecule has 0 saturated heterocycles. The second-order valence-electron chi connectivity index (χ2n) is 4.11. The Bertz CT molecular complexity index is 590. The molecular weight excluding hydrogens is 281 g/mol. The minimum absolute atomic E-state index is 0.0620. The van der Waals surface area contributed by atoms with E-state index >= 15 is 0 Å². The summed E-state index contributed by atoms with van der Waals surface area (Å²) >= 11 is 2.98. The summed E-state index contributed by atoms with van der Waals surface area (Å²) in [4.78, 5) is 5.10. The van der Waals surface area contributed by atoms with Crippen molar-refractivity contribution in [2.75, 3.05) is 4.31 Å². The first kappa shape index (κ1) is 13.8. The number of benzene rings is 1. The van der Waals surface area contributed by atoms with Crippen molar-refractivity contribution in [3.63, 3.8) is 0 Å². The summed E-state index contributed by atoms with van der Waals surface area (Å²) in [6.07, 6.45) is 0. The maximum absolute atomic E-state index is 13.3. The van der Waals surface area contributed by atoms with Gasteiger partial charge in [-0.3, -0.25) is 4.31 Å². The average molecular weight is 293 g/mol. The third-order valence-electron chi connectivity index (χ3n) is 2.38. The molecule has 0 N–H and O–H groups in total. The molecular formula is C13H12FN3S2. The summed E-state index contributed by atoms with van der Waals surface area (Å²) in [6.45, 7) is 4.11. The lowest BCUT2D eigenvalue weighted by Crippen LogP contribution is -2.23. The van der Waals surface area contributed by atoms with Gasteiger partial charge in [-0.2, -0.15) is 5.26 Å². The monoisotopic (exact) mass is 293 g/mol. The van der Waals surface area contributed by atoms with Crippen LogP contribution < -0.4 is 4.31 Å². The van der Waals surface area contributed by atoms with Gasteiger partial charge in [0, 0.05) is 16.3 Å². The van der Waals surface area contributed by atoms with Gasteiger partial charge in [-0.1, -0.05) is 0 Å². The van der Waals surface area contributed by atoms with Crippen LogP contribution >= 0.6 is 23.3 Å². The van der Waals surface area contributed by atoms with Crippen LogP contribution in [0.2, 0.25) is 0 Å². The predicted molar refractivity (Wildman–Crippen MR) is 76.7 cm³/mol. The molecule has 0 spiro atoms. The molecule has 6 heteroatoms. The first-order valence-electron chi connectivity index (χ1n) is 5.67. The predicted octanol–water partition coefficient (Wildman–Crippen LogP) is 4.08. The van der Waals surface area contributed by atoms with E-state index in [2.05, 4.69) is 18.8 Å². The summed E-state index contributed by atoms with van der Waals surface area (Å²) in [7, 11) is 0. The van der Waals surface area contributed by atoms with Crippen LogP contribution in [0.25, 0.3) is 0 Å². The summed E-state index contributed by atoms with van der Waals surface area (Å²) in [5.74, 6) is 0.379. The summed E-state index contributed by atoms with van der Waals surface area (Å²) < 4.78 is 15.3. The quantitative estimate of drug-likeness (QED) is 0.796. The lowest BCUT2D eigenvalue weighted by molar-refractivity contribution is 0.622. The zero-order chi connectivity index (χ0) is 13.8. The summed E-state index contributed by atoms with van der Waals surface area (Å²) in [6, 6.07) is 6.64. The van der Waals surface area contributed by atoms with Gasteiger partial charge in [-0.15, -0.1) is 11.3 Å². The molecule has 0 bridgehead atoms. The molecule has 3 nitrogen and oxygen atoms in total. The Kier molecular flexibility index (Phi) is 4.40. The minimum Gasteiger partial charge on any atom is -0.293 e. The van der Waals surface area contributed by atoms with Gasteiger partial charge in [0.15, 0.2) is 0 Å². The van der Waals surface area contributed by atoms with E-state index in [0.29, 0.717) is 0 Å². The fourth-order valence-corrected chi connectivity index (χ4v) is 3.02. The van der Waals surface area contributed by atoms with E-state index in [-0.39, 0.29) is 11.6 Å². The Hall–Kier alpha value is -1.58. The van der Waals surface area contributed by atoms with Gasteiger partial charge in [-0.05, 0) is 44.0 Å². The number of hydrogen-bond donors (Lipinski definition) is 0. The van der Waals surface area contributed by atoms with Crippen molar-refractivity contribution in [2.24, 2.45) is 0 Å². The van der Waals surface area contributed by atoms with Crippen LogP contribution in [0.15, 0.2) is 34.0 Å². The lowest BCUT2D eigenvalue weighted by Gasteiger charge is -2.24. The second kappa shape index (κ2) is 6.04. The molecule has 0 atom stereocenters. The average Bonchev–Trinajstić information content (AvgIpc) is 2.91. The smallest absolute Gasteiger partial charge is 0.149 e. The molecule has 0 aliphatic rings. The molecule has 0 radical (unpaired) electrons. The van der Waals surface area contributed by atoms with Gasteiger partial charge in [0.2, 0.25) is 0 Å². The number of nitrogens with zero attached hydrogens (tertiary/aromatic N) is 3. The highest BCUT2D eigenvalue weighted by atomic mass is 32.2. The van der Waals surface area contributed by atoms with Crippen molar-refractivity contribution < 1.29 is 4.39 Å². The van der Waals surface area contributed by atoms with Gasteiger partial charge >= 0.3 is 0 Å². The van der Waals surface area contributed by atoms with Crippen molar-refractivity contribution in [1.82, 2.24) is 4.98 Å². The first-order valence-corrected chi connectivity index (χ1v) is 7.38. The summed E-state index contributed by atoms with van der Waals surface area (Å²) in [5.41, 5.74) is 1.84. The number of halogens is 1. The molecule has 0 aliphatic heterocycles. The van der Waals surface area contributed by atoms with Crippen molar-refractivity contribution >= 4 is 29.1 Å². The highest BCUT2D eigenvalue weighted by Gasteiger charge is 2.15. The molecule has 2 aromatic rings. The molecule has 1 heterocycles. The largest absolute Gasteiger partial charge is 0.293 e. The van der Waals surface area contributed by atoms with Crippen LogP contribution in [-0.2, 0) is 0 Å². The zero-order valence-corrected chi connectivity index (χ0v) is 12.1. The number of hydrogen-bond acceptors (Lipinski definition) is 5. The fourth-order valence-electron chi connectivity index (χ4n) is 1.49. The van der Waals surface area contributed by atoms with Crippen LogP contribution in [0.3, 0.4) is 0 Å². The van der Waals surface area contributed by atoms with Crippen LogP contribution in [0, 0.1) is 17.1 Å². The van der Waals surface area contributed by atoms with Gasteiger partial charge in [0.25, 0.3) is 0 Å². The molecule has 0 fully saturated rings. The first-order chi connectivity index (χ1) is 9.11. The Morgan fingerprint density at radius 1 is 1.47 bits per heavy atom. The van der Waals surface area contributed by atoms with E-state index in [1.807, 2.05) is 15.8 Å². The zero-order valence-electron chi connectivity index (χ0n) is 10.5. The van der Waals surface area contributed by atoms with Gasteiger partial charge < -0.3 is 0 Å². The minimum atomic E-state index is -0.489. The Morgan fingerprint density at radius 2 is 2.26 bits per heavy atom. The highest BCUT2D eigenvalue weighted by molar-refractivity contribution is 8.00. The number of nitriles is 1. The van der Waals surface area contributed by atoms with Crippen molar-refractivity contribution in [2.45, 2.75) is 24.8 Å². The fraction of sp³-hybridized carbons (Fsp3) is 0.231. The summed E-state index contributed by atoms with van der Waals surface area (Å²) in [5, 5.41) is 10.8. The van der Waals surface area contributed by atoms with Crippen LogP contribution in [0.1, 0.15) is 19.4 Å². The molecule has 19 heavy (non-hydrogen) atoms. The van der Waals surface area contributed by atoms with Crippen LogP contribution in [0.4, 0.5) is 10.2 Å². The van der Waals surface area contributed by atoms with E-state index in [4.69, 9.17) is 5.26 Å². The Balaban J connectivity index is 2.26. The van der Waals surface area contributed by atoms with E-state index in [9.17, 15) is 4.39 Å². The van der Waals surface area contributed by atoms with Crippen LogP contribution in [-0.4, -0.2) is 11.0 Å². The number of anilines is 1. The third kappa shape index (κ3) is 3.25. The van der Waals surface area contributed by atoms with Crippen LogP contribution in [0.5, 0.6) is 0 Å². The maximum atomic E-state index is 13.3. The van der Waals surface area contributed by atoms with Gasteiger partial charge in [0.1, 0.15) is 17.7 Å². The van der Waals surface area contributed by atoms with E-state index in [0.717, 1.165) is 10.7 Å². The Labute approximate surface area is 119 Å². The van der Waals surface area contributed by atoms with Gasteiger partial charge in [0.05, 0.1) is 11.1 Å². The number of thiazole rings is 1. The maximum Gasteiger partial charge on any atom is 0.149 e. The molecule has 0 aliphatic carbocycles. The van der Waals surface area contributed by atoms with E-state index in [1.165, 1.54) is 29.4 Å². The van der Waals surface area contributed by atoms with Gasteiger partial charge in [-0.25, -0.2) is 9.37 Å². The molecule has 1 aromatic heterocycles. The molecule has 2 rings (SSSR count). The topological polar surface area (TPSA) is 39.9 Å². The van der Waals surface area contributed by atoms with Crippen molar-refractivity contribution in [1.29, 1.82) is 5.26 Å². The number of rotatable bonds is 4. The van der Waals surface area contributed by atoms with E-state index in [1.54, 1.807) is 17.6 Å². The Morgan fingerprint density at radius 3 is 2.84 bits per heavy atom. The molecule has 0 amide bonds. The molecule has 1 aromatic carbocycles. The van der Waals surface area contributed by atoms with E-state index < -0.39 is 5.82 Å². The molecule has 0 saturated carbocycles. The number of aromatic nitrogens is 1. The standard InChI is InChI=1S/C13H12FN3S2/c1-9(2)17(13-7-18-8-16-13)19-11-3-4-12(14)10(5-11)6-15/h3-5,7-9H,1-2H3. The third-order valence-corrected chi connectivity index (χ3v) is 4.22. The van der Waals surface area contributed by atoms with Crippen molar-refractivity contribution in [3.05, 3.63) is 40.5 Å².